The minimum atomic E-state index is 0.523. The number of H-pyrrole nitrogens is 1. The number of nitrogen functional groups attached to an aromatic ring is 1. The highest BCUT2D eigenvalue weighted by molar-refractivity contribution is 7.99. The summed E-state index contributed by atoms with van der Waals surface area (Å²) in [6.07, 6.45) is 3.70. The highest BCUT2D eigenvalue weighted by atomic mass is 32.2. The van der Waals surface area contributed by atoms with Crippen LogP contribution in [0, 0.1) is 0 Å². The van der Waals surface area contributed by atoms with Gasteiger partial charge in [-0.2, -0.15) is 5.10 Å². The maximum absolute atomic E-state index is 5.75. The third-order valence-electron chi connectivity index (χ3n) is 1.88. The molecule has 0 unspecified atom stereocenters. The molecule has 2 aromatic heterocycles. The van der Waals surface area contributed by atoms with E-state index in [4.69, 9.17) is 5.73 Å². The second-order valence-electron chi connectivity index (χ2n) is 2.79. The van der Waals surface area contributed by atoms with E-state index in [1.54, 1.807) is 0 Å². The Kier molecular flexibility index (Phi) is 2.82. The van der Waals surface area contributed by atoms with Crippen molar-refractivity contribution in [1.82, 2.24) is 25.1 Å². The molecule has 0 bridgehead atoms. The maximum atomic E-state index is 5.75. The predicted molar refractivity (Wildman–Crippen MR) is 56.3 cm³/mol. The third kappa shape index (κ3) is 2.07. The summed E-state index contributed by atoms with van der Waals surface area (Å²) in [5.74, 6) is 0.523. The summed E-state index contributed by atoms with van der Waals surface area (Å²) in [5.41, 5.74) is 6.69. The molecule has 0 saturated carbocycles. The first-order valence-electron chi connectivity index (χ1n) is 4.43. The number of nitrogens with two attached hydrogens (primary N) is 1. The molecule has 0 fully saturated rings. The molecule has 0 atom stereocenters. The van der Waals surface area contributed by atoms with Crippen molar-refractivity contribution < 1.29 is 0 Å². The Bertz CT molecular complexity index is 440. The monoisotopic (exact) mass is 222 g/mol. The van der Waals surface area contributed by atoms with Crippen LogP contribution in [0.15, 0.2) is 22.8 Å². The van der Waals surface area contributed by atoms with E-state index in [0.717, 1.165) is 17.0 Å². The van der Waals surface area contributed by atoms with E-state index in [2.05, 4.69) is 25.1 Å². The Morgan fingerprint density at radius 3 is 2.87 bits per heavy atom. The number of aromatic amines is 1. The zero-order valence-corrected chi connectivity index (χ0v) is 8.95. The largest absolute Gasteiger partial charge is 0.383 e. The van der Waals surface area contributed by atoms with Crippen molar-refractivity contribution in [3.63, 3.8) is 0 Å². The standard InChI is InChI=1S/C8H10N6S/c1-2-5-6(9)10-3-11-7(5)15-8-12-4-13-14-8/h3-4H,2H2,1H3,(H2,9,10,11)(H,12,13,14). The molecule has 0 aliphatic rings. The number of rotatable bonds is 3. The lowest BCUT2D eigenvalue weighted by Crippen LogP contribution is -2.00. The van der Waals surface area contributed by atoms with E-state index in [0.29, 0.717) is 11.0 Å². The first-order valence-corrected chi connectivity index (χ1v) is 5.25. The van der Waals surface area contributed by atoms with Gasteiger partial charge in [0, 0.05) is 5.56 Å². The molecular formula is C8H10N6S. The van der Waals surface area contributed by atoms with Crippen LogP contribution >= 0.6 is 11.8 Å². The van der Waals surface area contributed by atoms with E-state index in [1.807, 2.05) is 6.92 Å². The molecule has 0 aliphatic carbocycles. The van der Waals surface area contributed by atoms with Gasteiger partial charge in [0.2, 0.25) is 0 Å². The zero-order valence-electron chi connectivity index (χ0n) is 8.14. The van der Waals surface area contributed by atoms with E-state index in [-0.39, 0.29) is 0 Å². The van der Waals surface area contributed by atoms with Gasteiger partial charge in [0.1, 0.15) is 23.5 Å². The molecule has 7 heteroatoms. The molecule has 78 valence electrons. The number of hydrogen-bond acceptors (Lipinski definition) is 6. The fourth-order valence-corrected chi connectivity index (χ4v) is 2.02. The topological polar surface area (TPSA) is 93.4 Å². The van der Waals surface area contributed by atoms with Gasteiger partial charge in [-0.15, -0.1) is 0 Å². The van der Waals surface area contributed by atoms with Gasteiger partial charge in [0.15, 0.2) is 5.16 Å². The first-order chi connectivity index (χ1) is 7.31. The highest BCUT2D eigenvalue weighted by Gasteiger charge is 2.09. The van der Waals surface area contributed by atoms with E-state index >= 15 is 0 Å². The molecular weight excluding hydrogens is 212 g/mol. The smallest absolute Gasteiger partial charge is 0.189 e. The van der Waals surface area contributed by atoms with Crippen LogP contribution in [-0.4, -0.2) is 25.1 Å². The van der Waals surface area contributed by atoms with Gasteiger partial charge in [0.05, 0.1) is 0 Å². The molecule has 2 rings (SSSR count). The molecule has 2 heterocycles. The summed E-state index contributed by atoms with van der Waals surface area (Å²) >= 11 is 1.40. The first kappa shape index (κ1) is 9.91. The molecule has 0 amide bonds. The minimum Gasteiger partial charge on any atom is -0.383 e. The van der Waals surface area contributed by atoms with Gasteiger partial charge in [0.25, 0.3) is 0 Å². The van der Waals surface area contributed by atoms with Gasteiger partial charge in [-0.3, -0.25) is 5.10 Å². The second-order valence-corrected chi connectivity index (χ2v) is 3.77. The van der Waals surface area contributed by atoms with Gasteiger partial charge in [-0.05, 0) is 18.2 Å². The average Bonchev–Trinajstić information content (AvgIpc) is 2.71. The maximum Gasteiger partial charge on any atom is 0.189 e. The molecule has 0 spiro atoms. The summed E-state index contributed by atoms with van der Waals surface area (Å²) < 4.78 is 0. The van der Waals surface area contributed by atoms with Crippen molar-refractivity contribution >= 4 is 17.6 Å². The highest BCUT2D eigenvalue weighted by Crippen LogP contribution is 2.27. The van der Waals surface area contributed by atoms with Crippen LogP contribution < -0.4 is 5.73 Å². The van der Waals surface area contributed by atoms with E-state index in [9.17, 15) is 0 Å². The van der Waals surface area contributed by atoms with Crippen LogP contribution in [0.1, 0.15) is 12.5 Å². The molecule has 0 aliphatic heterocycles. The summed E-state index contributed by atoms with van der Waals surface area (Å²) in [6, 6.07) is 0. The second kappa shape index (κ2) is 4.26. The van der Waals surface area contributed by atoms with Crippen molar-refractivity contribution in [2.24, 2.45) is 0 Å². The van der Waals surface area contributed by atoms with Gasteiger partial charge in [-0.1, -0.05) is 6.92 Å². The van der Waals surface area contributed by atoms with Gasteiger partial charge in [-0.25, -0.2) is 15.0 Å². The summed E-state index contributed by atoms with van der Waals surface area (Å²) in [5, 5.41) is 8.04. The molecule has 2 aromatic rings. The summed E-state index contributed by atoms with van der Waals surface area (Å²) in [4.78, 5) is 12.1. The van der Waals surface area contributed by atoms with E-state index < -0.39 is 0 Å². The lowest BCUT2D eigenvalue weighted by molar-refractivity contribution is 0.932. The Morgan fingerprint density at radius 2 is 2.20 bits per heavy atom. The number of nitrogens with zero attached hydrogens (tertiary/aromatic N) is 4. The van der Waals surface area contributed by atoms with Crippen molar-refractivity contribution in [3.05, 3.63) is 18.2 Å². The minimum absolute atomic E-state index is 0.523. The van der Waals surface area contributed by atoms with Crippen LogP contribution in [0.4, 0.5) is 5.82 Å². The lowest BCUT2D eigenvalue weighted by atomic mass is 10.2. The third-order valence-corrected chi connectivity index (χ3v) is 2.81. The van der Waals surface area contributed by atoms with Crippen LogP contribution in [-0.2, 0) is 6.42 Å². The number of anilines is 1. The van der Waals surface area contributed by atoms with Crippen molar-refractivity contribution in [3.8, 4) is 0 Å². The molecule has 15 heavy (non-hydrogen) atoms. The molecule has 0 saturated heterocycles. The predicted octanol–water partition coefficient (Wildman–Crippen LogP) is 0.891. The fraction of sp³-hybridized carbons (Fsp3) is 0.250. The van der Waals surface area contributed by atoms with Crippen LogP contribution in [0.5, 0.6) is 0 Å². The Hall–Kier alpha value is -1.63. The molecule has 6 nitrogen and oxygen atoms in total. The normalized spacial score (nSPS) is 10.5. The zero-order chi connectivity index (χ0) is 10.7. The Labute approximate surface area is 90.7 Å². The van der Waals surface area contributed by atoms with Crippen LogP contribution in [0.3, 0.4) is 0 Å². The number of hydrogen-bond donors (Lipinski definition) is 2. The molecule has 0 radical (unpaired) electrons. The van der Waals surface area contributed by atoms with E-state index in [1.165, 1.54) is 24.4 Å². The van der Waals surface area contributed by atoms with Gasteiger partial charge >= 0.3 is 0 Å². The number of nitrogens with one attached hydrogen (secondary N) is 1. The lowest BCUT2D eigenvalue weighted by Gasteiger charge is -2.05. The quantitative estimate of drug-likeness (QED) is 0.749. The average molecular weight is 222 g/mol. The van der Waals surface area contributed by atoms with Crippen molar-refractivity contribution in [1.29, 1.82) is 0 Å². The van der Waals surface area contributed by atoms with Crippen molar-refractivity contribution in [2.75, 3.05) is 5.73 Å². The Balaban J connectivity index is 2.32. The van der Waals surface area contributed by atoms with Crippen LogP contribution in [0.2, 0.25) is 0 Å². The SMILES string of the molecule is CCc1c(N)ncnc1Sc1ncn[nH]1. The molecule has 3 N–H and O–H groups in total. The fourth-order valence-electron chi connectivity index (χ4n) is 1.16. The van der Waals surface area contributed by atoms with Crippen LogP contribution in [0.25, 0.3) is 0 Å². The Morgan fingerprint density at radius 1 is 1.33 bits per heavy atom. The summed E-state index contributed by atoms with van der Waals surface area (Å²) in [6.45, 7) is 2.01. The summed E-state index contributed by atoms with van der Waals surface area (Å²) in [7, 11) is 0. The van der Waals surface area contributed by atoms with Gasteiger partial charge < -0.3 is 5.73 Å². The molecule has 0 aromatic carbocycles. The van der Waals surface area contributed by atoms with Crippen molar-refractivity contribution in [2.45, 2.75) is 23.5 Å². The number of aromatic nitrogens is 5.